The van der Waals surface area contributed by atoms with Crippen molar-refractivity contribution in [2.75, 3.05) is 13.6 Å². The van der Waals surface area contributed by atoms with E-state index in [2.05, 4.69) is 22.5 Å². The third kappa shape index (κ3) is 4.94. The predicted octanol–water partition coefficient (Wildman–Crippen LogP) is 4.75. The lowest BCUT2D eigenvalue weighted by Crippen LogP contribution is -2.29. The van der Waals surface area contributed by atoms with Gasteiger partial charge in [-0.2, -0.15) is 0 Å². The van der Waals surface area contributed by atoms with E-state index in [1.807, 2.05) is 49.5 Å². The number of thiophene rings is 1. The molecule has 3 aromatic rings. The first-order valence-corrected chi connectivity index (χ1v) is 10.00. The van der Waals surface area contributed by atoms with Crippen molar-refractivity contribution in [2.45, 2.75) is 17.1 Å². The summed E-state index contributed by atoms with van der Waals surface area (Å²) < 4.78 is 0. The first-order chi connectivity index (χ1) is 12.2. The van der Waals surface area contributed by atoms with E-state index >= 15 is 0 Å². The van der Waals surface area contributed by atoms with Crippen LogP contribution in [-0.4, -0.2) is 29.4 Å². The number of rotatable bonds is 7. The van der Waals surface area contributed by atoms with Crippen LogP contribution in [0.15, 0.2) is 71.1 Å². The van der Waals surface area contributed by atoms with E-state index in [9.17, 15) is 4.79 Å². The van der Waals surface area contributed by atoms with Gasteiger partial charge in [0, 0.05) is 47.4 Å². The zero-order valence-corrected chi connectivity index (χ0v) is 15.7. The molecular weight excluding hydrogens is 348 g/mol. The summed E-state index contributed by atoms with van der Waals surface area (Å²) in [7, 11) is 1.85. The molecule has 2 aromatic heterocycles. The van der Waals surface area contributed by atoms with E-state index in [0.717, 1.165) is 28.3 Å². The topological polar surface area (TPSA) is 33.2 Å². The van der Waals surface area contributed by atoms with E-state index in [0.29, 0.717) is 6.54 Å². The number of hydrogen-bond donors (Lipinski definition) is 0. The van der Waals surface area contributed by atoms with Crippen LogP contribution in [0.1, 0.15) is 20.9 Å². The Bertz CT molecular complexity index is 804. The quantitative estimate of drug-likeness (QED) is 0.564. The minimum atomic E-state index is 0.0604. The van der Waals surface area contributed by atoms with Crippen molar-refractivity contribution in [3.63, 3.8) is 0 Å². The second-order valence-electron chi connectivity index (χ2n) is 5.66. The monoisotopic (exact) mass is 368 g/mol. The highest BCUT2D eigenvalue weighted by atomic mass is 32.2. The lowest BCUT2D eigenvalue weighted by Gasteiger charge is -2.18. The fraction of sp³-hybridized carbons (Fsp3) is 0.200. The Balaban J connectivity index is 1.64. The molecule has 0 radical (unpaired) electrons. The summed E-state index contributed by atoms with van der Waals surface area (Å²) >= 11 is 3.46. The van der Waals surface area contributed by atoms with Crippen LogP contribution in [0, 0.1) is 0 Å². The molecule has 0 saturated carbocycles. The second kappa shape index (κ2) is 8.83. The number of aromatic nitrogens is 1. The Morgan fingerprint density at radius 1 is 1.12 bits per heavy atom. The lowest BCUT2D eigenvalue weighted by atomic mass is 10.2. The van der Waals surface area contributed by atoms with Crippen molar-refractivity contribution in [1.82, 2.24) is 9.88 Å². The van der Waals surface area contributed by atoms with E-state index in [1.54, 1.807) is 34.2 Å². The highest BCUT2D eigenvalue weighted by Crippen LogP contribution is 2.28. The Labute approximate surface area is 156 Å². The molecule has 0 aliphatic carbocycles. The maximum Gasteiger partial charge on any atom is 0.254 e. The van der Waals surface area contributed by atoms with Crippen LogP contribution in [-0.2, 0) is 12.2 Å². The van der Waals surface area contributed by atoms with Crippen LogP contribution >= 0.6 is 23.1 Å². The van der Waals surface area contributed by atoms with E-state index in [1.165, 1.54) is 4.88 Å². The normalized spacial score (nSPS) is 10.6. The molecular formula is C20H20N2OS2. The number of nitrogens with zero attached hydrogens (tertiary/aromatic N) is 2. The van der Waals surface area contributed by atoms with Gasteiger partial charge in [-0.25, -0.2) is 0 Å². The van der Waals surface area contributed by atoms with E-state index in [4.69, 9.17) is 0 Å². The first-order valence-electron chi connectivity index (χ1n) is 8.13. The predicted molar refractivity (Wildman–Crippen MR) is 105 cm³/mol. The Morgan fingerprint density at radius 3 is 2.72 bits per heavy atom. The maximum absolute atomic E-state index is 12.8. The molecule has 0 bridgehead atoms. The molecule has 0 unspecified atom stereocenters. The maximum atomic E-state index is 12.8. The standard InChI is InChI=1S/C20H20N2OS2/c1-22(13-11-16-7-4-5-12-21-16)20(23)18-9-2-3-10-19(18)25-15-17-8-6-14-24-17/h2-10,12,14H,11,13,15H2,1H3. The molecule has 2 heterocycles. The van der Waals surface area contributed by atoms with Crippen LogP contribution in [0.2, 0.25) is 0 Å². The number of benzene rings is 1. The molecule has 1 aromatic carbocycles. The molecule has 0 saturated heterocycles. The fourth-order valence-electron chi connectivity index (χ4n) is 2.45. The molecule has 0 aliphatic rings. The van der Waals surface area contributed by atoms with Crippen molar-refractivity contribution >= 4 is 29.0 Å². The van der Waals surface area contributed by atoms with Crippen LogP contribution < -0.4 is 0 Å². The molecule has 0 spiro atoms. The van der Waals surface area contributed by atoms with Gasteiger partial charge in [-0.05, 0) is 35.7 Å². The third-order valence-electron chi connectivity index (χ3n) is 3.84. The summed E-state index contributed by atoms with van der Waals surface area (Å²) in [5.41, 5.74) is 1.77. The Hall–Kier alpha value is -2.11. The zero-order valence-electron chi connectivity index (χ0n) is 14.1. The summed E-state index contributed by atoms with van der Waals surface area (Å²) in [6.45, 7) is 0.653. The highest BCUT2D eigenvalue weighted by molar-refractivity contribution is 7.98. The van der Waals surface area contributed by atoms with Gasteiger partial charge < -0.3 is 4.90 Å². The van der Waals surface area contributed by atoms with Gasteiger partial charge >= 0.3 is 0 Å². The summed E-state index contributed by atoms with van der Waals surface area (Å²) in [4.78, 5) is 21.3. The van der Waals surface area contributed by atoms with Gasteiger partial charge in [0.15, 0.2) is 0 Å². The summed E-state index contributed by atoms with van der Waals surface area (Å²) in [6.07, 6.45) is 2.54. The number of carbonyl (C=O) groups is 1. The molecule has 5 heteroatoms. The minimum absolute atomic E-state index is 0.0604. The molecule has 0 aliphatic heterocycles. The van der Waals surface area contributed by atoms with Gasteiger partial charge in [0.05, 0.1) is 5.56 Å². The fourth-order valence-corrected chi connectivity index (χ4v) is 4.27. The van der Waals surface area contributed by atoms with Gasteiger partial charge in [-0.3, -0.25) is 9.78 Å². The van der Waals surface area contributed by atoms with Crippen LogP contribution in [0.25, 0.3) is 0 Å². The lowest BCUT2D eigenvalue weighted by molar-refractivity contribution is 0.0793. The van der Waals surface area contributed by atoms with Gasteiger partial charge in [0.2, 0.25) is 0 Å². The number of amides is 1. The average molecular weight is 369 g/mol. The van der Waals surface area contributed by atoms with Crippen LogP contribution in [0.4, 0.5) is 0 Å². The number of thioether (sulfide) groups is 1. The minimum Gasteiger partial charge on any atom is -0.341 e. The second-order valence-corrected chi connectivity index (χ2v) is 7.71. The smallest absolute Gasteiger partial charge is 0.254 e. The first kappa shape index (κ1) is 17.7. The summed E-state index contributed by atoms with van der Waals surface area (Å²) in [5, 5.41) is 2.08. The van der Waals surface area contributed by atoms with Gasteiger partial charge in [-0.1, -0.05) is 24.3 Å². The largest absolute Gasteiger partial charge is 0.341 e. The van der Waals surface area contributed by atoms with Crippen LogP contribution in [0.5, 0.6) is 0 Å². The van der Waals surface area contributed by atoms with Crippen molar-refractivity contribution in [1.29, 1.82) is 0 Å². The molecule has 0 N–H and O–H groups in total. The van der Waals surface area contributed by atoms with Gasteiger partial charge in [0.25, 0.3) is 5.91 Å². The van der Waals surface area contributed by atoms with E-state index < -0.39 is 0 Å². The number of carbonyl (C=O) groups excluding carboxylic acids is 1. The van der Waals surface area contributed by atoms with Crippen molar-refractivity contribution in [3.05, 3.63) is 82.3 Å². The van der Waals surface area contributed by atoms with Gasteiger partial charge in [-0.15, -0.1) is 23.1 Å². The van der Waals surface area contributed by atoms with Crippen molar-refractivity contribution in [3.8, 4) is 0 Å². The van der Waals surface area contributed by atoms with Gasteiger partial charge in [0.1, 0.15) is 0 Å². The molecule has 25 heavy (non-hydrogen) atoms. The molecule has 0 fully saturated rings. The average Bonchev–Trinajstić information content (AvgIpc) is 3.18. The molecule has 0 atom stereocenters. The number of likely N-dealkylation sites (N-methyl/N-ethyl adjacent to an activating group) is 1. The molecule has 128 valence electrons. The number of hydrogen-bond acceptors (Lipinski definition) is 4. The van der Waals surface area contributed by atoms with E-state index in [-0.39, 0.29) is 5.91 Å². The summed E-state index contributed by atoms with van der Waals surface area (Å²) in [6, 6.07) is 17.9. The highest BCUT2D eigenvalue weighted by Gasteiger charge is 2.16. The molecule has 1 amide bonds. The third-order valence-corrected chi connectivity index (χ3v) is 6.03. The SMILES string of the molecule is CN(CCc1ccccn1)C(=O)c1ccccc1SCc1cccs1. The number of pyridine rings is 1. The van der Waals surface area contributed by atoms with Crippen LogP contribution in [0.3, 0.4) is 0 Å². The Morgan fingerprint density at radius 2 is 1.96 bits per heavy atom. The summed E-state index contributed by atoms with van der Waals surface area (Å²) in [5.74, 6) is 0.949. The molecule has 3 rings (SSSR count). The van der Waals surface area contributed by atoms with Crippen molar-refractivity contribution < 1.29 is 4.79 Å². The Kier molecular flexibility index (Phi) is 6.25. The molecule has 3 nitrogen and oxygen atoms in total. The van der Waals surface area contributed by atoms with Crippen molar-refractivity contribution in [2.24, 2.45) is 0 Å². The zero-order chi connectivity index (χ0) is 17.5.